The zero-order chi connectivity index (χ0) is 23.3. The largest absolute Gasteiger partial charge is 0.497 e. The number of methoxy groups -OCH3 is 1. The molecule has 7 nitrogen and oxygen atoms in total. The Bertz CT molecular complexity index is 1090. The fourth-order valence-electron chi connectivity index (χ4n) is 2.98. The van der Waals surface area contributed by atoms with Crippen molar-refractivity contribution in [2.24, 2.45) is 0 Å². The molecule has 0 saturated carbocycles. The Hall–Kier alpha value is -3.14. The summed E-state index contributed by atoms with van der Waals surface area (Å²) in [7, 11) is 1.59. The third-order valence-corrected chi connectivity index (χ3v) is 5.40. The molecule has 1 N–H and O–H groups in total. The molecular weight excluding hydrogens is 438 g/mol. The van der Waals surface area contributed by atoms with E-state index in [0.29, 0.717) is 22.5 Å². The lowest BCUT2D eigenvalue weighted by molar-refractivity contribution is -0.113. The van der Waals surface area contributed by atoms with Gasteiger partial charge in [-0.1, -0.05) is 17.8 Å². The van der Waals surface area contributed by atoms with Crippen LogP contribution in [0.25, 0.3) is 0 Å². The number of thioether (sulfide) groups is 1. The first-order valence-electron chi connectivity index (χ1n) is 9.91. The number of hydrogen-bond acceptors (Lipinski definition) is 6. The van der Waals surface area contributed by atoms with Crippen molar-refractivity contribution in [1.82, 2.24) is 14.8 Å². The molecule has 1 atom stereocenters. The van der Waals surface area contributed by atoms with E-state index in [-0.39, 0.29) is 23.4 Å². The molecule has 0 bridgehead atoms. The van der Waals surface area contributed by atoms with Gasteiger partial charge in [-0.15, -0.1) is 10.2 Å². The molecule has 0 saturated heterocycles. The lowest BCUT2D eigenvalue weighted by Crippen LogP contribution is -2.16. The minimum atomic E-state index is -1.02. The number of benzene rings is 2. The van der Waals surface area contributed by atoms with E-state index < -0.39 is 17.7 Å². The van der Waals surface area contributed by atoms with Gasteiger partial charge >= 0.3 is 0 Å². The standard InChI is InChI=1S/C22H24F2N4O3S/c1-13(2)28-21(14(3)31-17-7-5-6-16(11-17)30-4)26-27-22(28)32-12-20(29)25-15-8-9-18(23)19(24)10-15/h5-11,13-14H,12H2,1-4H3,(H,25,29). The summed E-state index contributed by atoms with van der Waals surface area (Å²) in [5, 5.41) is 11.6. The number of nitrogens with one attached hydrogen (secondary N) is 1. The average Bonchev–Trinajstić information content (AvgIpc) is 3.19. The summed E-state index contributed by atoms with van der Waals surface area (Å²) in [5.74, 6) is -0.411. The highest BCUT2D eigenvalue weighted by Gasteiger charge is 2.22. The Morgan fingerprint density at radius 3 is 2.53 bits per heavy atom. The molecule has 1 heterocycles. The fraction of sp³-hybridized carbons (Fsp3) is 0.318. The summed E-state index contributed by atoms with van der Waals surface area (Å²) < 4.78 is 39.5. The fourth-order valence-corrected chi connectivity index (χ4v) is 3.86. The maximum absolute atomic E-state index is 13.3. The Balaban J connectivity index is 1.68. The summed E-state index contributed by atoms with van der Waals surface area (Å²) in [6.07, 6.45) is -0.401. The van der Waals surface area contributed by atoms with Gasteiger partial charge in [0.2, 0.25) is 5.91 Å². The van der Waals surface area contributed by atoms with Gasteiger partial charge in [0, 0.05) is 23.9 Å². The minimum absolute atomic E-state index is 0.0214. The number of halogens is 2. The number of amides is 1. The van der Waals surface area contributed by atoms with Crippen molar-refractivity contribution in [3.05, 3.63) is 59.9 Å². The molecule has 1 amide bonds. The van der Waals surface area contributed by atoms with E-state index in [1.165, 1.54) is 17.8 Å². The number of ether oxygens (including phenoxy) is 2. The molecule has 1 aromatic heterocycles. The van der Waals surface area contributed by atoms with E-state index >= 15 is 0 Å². The Morgan fingerprint density at radius 2 is 1.84 bits per heavy atom. The Kier molecular flexibility index (Phi) is 7.68. The van der Waals surface area contributed by atoms with Crippen molar-refractivity contribution in [3.8, 4) is 11.5 Å². The van der Waals surface area contributed by atoms with Crippen LogP contribution in [0, 0.1) is 11.6 Å². The summed E-state index contributed by atoms with van der Waals surface area (Å²) in [4.78, 5) is 12.3. The number of carbonyl (C=O) groups is 1. The van der Waals surface area contributed by atoms with E-state index in [0.717, 1.165) is 12.1 Å². The SMILES string of the molecule is COc1cccc(OC(C)c2nnc(SCC(=O)Nc3ccc(F)c(F)c3)n2C(C)C)c1. The topological polar surface area (TPSA) is 78.3 Å². The van der Waals surface area contributed by atoms with Gasteiger partial charge in [0.15, 0.2) is 28.7 Å². The number of hydrogen-bond donors (Lipinski definition) is 1. The highest BCUT2D eigenvalue weighted by molar-refractivity contribution is 7.99. The number of carbonyl (C=O) groups excluding carboxylic acids is 1. The quantitative estimate of drug-likeness (QED) is 0.450. The monoisotopic (exact) mass is 462 g/mol. The first-order valence-corrected chi connectivity index (χ1v) is 10.9. The van der Waals surface area contributed by atoms with E-state index in [9.17, 15) is 13.6 Å². The van der Waals surface area contributed by atoms with Gasteiger partial charge in [-0.25, -0.2) is 8.78 Å². The molecule has 0 aliphatic rings. The molecule has 3 aromatic rings. The van der Waals surface area contributed by atoms with Crippen LogP contribution in [-0.4, -0.2) is 33.5 Å². The van der Waals surface area contributed by atoms with Crippen LogP contribution in [0.2, 0.25) is 0 Å². The molecule has 0 fully saturated rings. The second-order valence-electron chi connectivity index (χ2n) is 7.21. The highest BCUT2D eigenvalue weighted by atomic mass is 32.2. The molecule has 0 aliphatic carbocycles. The summed E-state index contributed by atoms with van der Waals surface area (Å²) in [5.41, 5.74) is 0.181. The summed E-state index contributed by atoms with van der Waals surface area (Å²) in [6.45, 7) is 5.83. The van der Waals surface area contributed by atoms with E-state index in [1.807, 2.05) is 43.5 Å². The van der Waals surface area contributed by atoms with Crippen molar-refractivity contribution in [2.45, 2.75) is 38.1 Å². The first-order chi connectivity index (χ1) is 15.3. The van der Waals surface area contributed by atoms with Gasteiger partial charge in [-0.2, -0.15) is 0 Å². The lowest BCUT2D eigenvalue weighted by Gasteiger charge is -2.19. The van der Waals surface area contributed by atoms with Crippen molar-refractivity contribution in [1.29, 1.82) is 0 Å². The van der Waals surface area contributed by atoms with E-state index in [4.69, 9.17) is 9.47 Å². The van der Waals surface area contributed by atoms with Gasteiger partial charge in [0.05, 0.1) is 12.9 Å². The predicted molar refractivity (Wildman–Crippen MR) is 118 cm³/mol. The average molecular weight is 463 g/mol. The first kappa shape index (κ1) is 23.5. The summed E-state index contributed by atoms with van der Waals surface area (Å²) >= 11 is 1.19. The van der Waals surface area contributed by atoms with E-state index in [2.05, 4.69) is 15.5 Å². The zero-order valence-electron chi connectivity index (χ0n) is 18.1. The van der Waals surface area contributed by atoms with Gasteiger partial charge in [-0.3, -0.25) is 4.79 Å². The second-order valence-corrected chi connectivity index (χ2v) is 8.15. The van der Waals surface area contributed by atoms with Crippen LogP contribution in [0.4, 0.5) is 14.5 Å². The van der Waals surface area contributed by atoms with Gasteiger partial charge in [-0.05, 0) is 45.0 Å². The normalized spacial score (nSPS) is 12.0. The molecule has 3 rings (SSSR count). The predicted octanol–water partition coefficient (Wildman–Crippen LogP) is 5.02. The van der Waals surface area contributed by atoms with Crippen LogP contribution < -0.4 is 14.8 Å². The molecule has 170 valence electrons. The van der Waals surface area contributed by atoms with Crippen LogP contribution in [0.3, 0.4) is 0 Å². The van der Waals surface area contributed by atoms with Gasteiger partial charge < -0.3 is 19.4 Å². The van der Waals surface area contributed by atoms with Crippen LogP contribution in [0.5, 0.6) is 11.5 Å². The third-order valence-electron chi connectivity index (χ3n) is 4.46. The van der Waals surface area contributed by atoms with Crippen molar-refractivity contribution >= 4 is 23.4 Å². The smallest absolute Gasteiger partial charge is 0.234 e. The Labute approximate surface area is 189 Å². The van der Waals surface area contributed by atoms with Gasteiger partial charge in [0.25, 0.3) is 0 Å². The van der Waals surface area contributed by atoms with Crippen LogP contribution in [-0.2, 0) is 4.79 Å². The Morgan fingerprint density at radius 1 is 1.09 bits per heavy atom. The van der Waals surface area contributed by atoms with E-state index in [1.54, 1.807) is 13.2 Å². The maximum Gasteiger partial charge on any atom is 0.234 e. The second kappa shape index (κ2) is 10.4. The van der Waals surface area contributed by atoms with Crippen molar-refractivity contribution < 1.29 is 23.0 Å². The van der Waals surface area contributed by atoms with Crippen molar-refractivity contribution in [3.63, 3.8) is 0 Å². The van der Waals surface area contributed by atoms with Crippen LogP contribution >= 0.6 is 11.8 Å². The molecular formula is C22H24F2N4O3S. The van der Waals surface area contributed by atoms with Crippen molar-refractivity contribution in [2.75, 3.05) is 18.2 Å². The number of aromatic nitrogens is 3. The molecule has 10 heteroatoms. The van der Waals surface area contributed by atoms with Crippen LogP contribution in [0.1, 0.15) is 38.7 Å². The third kappa shape index (κ3) is 5.76. The van der Waals surface area contributed by atoms with Crippen LogP contribution in [0.15, 0.2) is 47.6 Å². The maximum atomic E-state index is 13.3. The molecule has 32 heavy (non-hydrogen) atoms. The highest BCUT2D eigenvalue weighted by Crippen LogP contribution is 2.29. The molecule has 2 aromatic carbocycles. The molecule has 0 aliphatic heterocycles. The molecule has 1 unspecified atom stereocenters. The summed E-state index contributed by atoms with van der Waals surface area (Å²) in [6, 6.07) is 10.5. The zero-order valence-corrected chi connectivity index (χ0v) is 19.0. The lowest BCUT2D eigenvalue weighted by atomic mass is 10.3. The minimum Gasteiger partial charge on any atom is -0.497 e. The van der Waals surface area contributed by atoms with Gasteiger partial charge in [0.1, 0.15) is 11.5 Å². The molecule has 0 spiro atoms. The number of nitrogens with zero attached hydrogens (tertiary/aromatic N) is 3. The number of anilines is 1. The number of rotatable bonds is 9. The molecule has 0 radical (unpaired) electrons.